The van der Waals surface area contributed by atoms with Crippen LogP contribution in [-0.4, -0.2) is 43.1 Å². The Morgan fingerprint density at radius 2 is 1.94 bits per heavy atom. The van der Waals surface area contributed by atoms with E-state index in [0.29, 0.717) is 23.7 Å². The van der Waals surface area contributed by atoms with Gasteiger partial charge in [-0.2, -0.15) is 8.42 Å². The highest BCUT2D eigenvalue weighted by Crippen LogP contribution is 2.36. The van der Waals surface area contributed by atoms with Crippen LogP contribution in [0, 0.1) is 0 Å². The number of nitrogens with zero attached hydrogens (tertiary/aromatic N) is 2. The van der Waals surface area contributed by atoms with Crippen LogP contribution in [0.2, 0.25) is 0 Å². The first kappa shape index (κ1) is 25.6. The minimum absolute atomic E-state index is 0.0156. The molecular formula is C24H30BrN3O3S2. The predicted molar refractivity (Wildman–Crippen MR) is 141 cm³/mol. The zero-order valence-electron chi connectivity index (χ0n) is 19.2. The lowest BCUT2D eigenvalue weighted by molar-refractivity contribution is 0.429. The first-order valence-corrected chi connectivity index (χ1v) is 13.9. The van der Waals surface area contributed by atoms with E-state index in [0.717, 1.165) is 40.9 Å². The Hall–Kier alpha value is -1.97. The minimum Gasteiger partial charge on any atom is -0.382 e. The van der Waals surface area contributed by atoms with E-state index in [2.05, 4.69) is 45.3 Å². The maximum Gasteiger partial charge on any atom is 0.309 e. The van der Waals surface area contributed by atoms with Crippen LogP contribution in [0.25, 0.3) is 0 Å². The molecule has 1 unspecified atom stereocenters. The summed E-state index contributed by atoms with van der Waals surface area (Å²) in [6.07, 6.45) is 2.16. The summed E-state index contributed by atoms with van der Waals surface area (Å²) in [7, 11) is -3.60. The van der Waals surface area contributed by atoms with Gasteiger partial charge in [-0.3, -0.25) is 4.99 Å². The highest BCUT2D eigenvalue weighted by Gasteiger charge is 2.35. The normalized spacial score (nSPS) is 16.0. The molecule has 2 aromatic rings. The van der Waals surface area contributed by atoms with Gasteiger partial charge in [0.15, 0.2) is 5.11 Å². The third kappa shape index (κ3) is 6.13. The average molecular weight is 553 g/mol. The summed E-state index contributed by atoms with van der Waals surface area (Å²) in [5.74, 6) is 1.19. The second kappa shape index (κ2) is 11.0. The fraction of sp³-hybridized carbons (Fsp3) is 0.417. The summed E-state index contributed by atoms with van der Waals surface area (Å²) >= 11 is 9.43. The molecule has 178 valence electrons. The van der Waals surface area contributed by atoms with E-state index >= 15 is 0 Å². The molecule has 0 saturated heterocycles. The van der Waals surface area contributed by atoms with Crippen molar-refractivity contribution in [1.82, 2.24) is 10.2 Å². The standard InChI is InChI=1S/C24H30BrN3O3S2/c1-4-16-33(29,30)31-22-12-10-19(11-13-22)24(5-2,20-8-6-9-21(25)17-20)27-23(32)28-15-7-14-26-18(28)3/h6,8-13,17H,4-5,7,14-16H2,1-3H3,(H,27,32). The number of hydrogen-bond donors (Lipinski definition) is 1. The van der Waals surface area contributed by atoms with Crippen molar-refractivity contribution in [2.75, 3.05) is 18.8 Å². The van der Waals surface area contributed by atoms with Crippen molar-refractivity contribution in [1.29, 1.82) is 0 Å². The van der Waals surface area contributed by atoms with E-state index < -0.39 is 15.7 Å². The fourth-order valence-corrected chi connectivity index (χ4v) is 5.79. The first-order valence-electron chi connectivity index (χ1n) is 11.1. The maximum absolute atomic E-state index is 12.1. The Morgan fingerprint density at radius 3 is 2.55 bits per heavy atom. The number of amidine groups is 1. The quantitative estimate of drug-likeness (QED) is 0.358. The van der Waals surface area contributed by atoms with Gasteiger partial charge < -0.3 is 14.4 Å². The molecule has 0 saturated carbocycles. The van der Waals surface area contributed by atoms with Gasteiger partial charge in [-0.1, -0.05) is 54.0 Å². The molecule has 0 bridgehead atoms. The lowest BCUT2D eigenvalue weighted by Crippen LogP contribution is -2.53. The Morgan fingerprint density at radius 1 is 1.21 bits per heavy atom. The van der Waals surface area contributed by atoms with Crippen LogP contribution in [0.4, 0.5) is 0 Å². The number of halogens is 1. The molecule has 6 nitrogen and oxygen atoms in total. The SMILES string of the molecule is CCCS(=O)(=O)Oc1ccc(C(CC)(NC(=S)N2CCCN=C2C)c2cccc(Br)c2)cc1. The smallest absolute Gasteiger partial charge is 0.309 e. The van der Waals surface area contributed by atoms with E-state index in [4.69, 9.17) is 16.4 Å². The molecule has 0 aliphatic carbocycles. The molecule has 1 N–H and O–H groups in total. The Labute approximate surface area is 210 Å². The number of hydrogen-bond acceptors (Lipinski definition) is 5. The van der Waals surface area contributed by atoms with Crippen molar-refractivity contribution in [3.05, 3.63) is 64.1 Å². The third-order valence-corrected chi connectivity index (χ3v) is 7.88. The van der Waals surface area contributed by atoms with Gasteiger partial charge in [-0.25, -0.2) is 0 Å². The summed E-state index contributed by atoms with van der Waals surface area (Å²) in [4.78, 5) is 6.58. The summed E-state index contributed by atoms with van der Waals surface area (Å²) in [6.45, 7) is 7.52. The summed E-state index contributed by atoms with van der Waals surface area (Å²) in [5.41, 5.74) is 1.37. The van der Waals surface area contributed by atoms with Crippen LogP contribution in [0.5, 0.6) is 5.75 Å². The van der Waals surface area contributed by atoms with E-state index in [1.54, 1.807) is 19.1 Å². The van der Waals surface area contributed by atoms with Crippen molar-refractivity contribution >= 4 is 49.2 Å². The van der Waals surface area contributed by atoms with Crippen LogP contribution >= 0.6 is 28.1 Å². The molecule has 1 aliphatic heterocycles. The number of rotatable bonds is 8. The van der Waals surface area contributed by atoms with Crippen LogP contribution in [0.1, 0.15) is 51.2 Å². The van der Waals surface area contributed by atoms with Gasteiger partial charge >= 0.3 is 10.1 Å². The van der Waals surface area contributed by atoms with Crippen molar-refractivity contribution < 1.29 is 12.6 Å². The molecule has 1 atom stereocenters. The second-order valence-corrected chi connectivity index (χ2v) is 11.0. The van der Waals surface area contributed by atoms with Gasteiger partial charge in [-0.15, -0.1) is 0 Å². The lowest BCUT2D eigenvalue weighted by atomic mass is 9.80. The third-order valence-electron chi connectivity index (χ3n) is 5.71. The predicted octanol–water partition coefficient (Wildman–Crippen LogP) is 5.22. The average Bonchev–Trinajstić information content (AvgIpc) is 2.78. The number of aliphatic imine (C=N–C) groups is 1. The first-order chi connectivity index (χ1) is 15.7. The van der Waals surface area contributed by atoms with E-state index in [-0.39, 0.29) is 5.75 Å². The minimum atomic E-state index is -3.60. The number of nitrogens with one attached hydrogen (secondary N) is 1. The highest BCUT2D eigenvalue weighted by molar-refractivity contribution is 9.10. The fourth-order valence-electron chi connectivity index (χ4n) is 4.01. The largest absolute Gasteiger partial charge is 0.382 e. The van der Waals surface area contributed by atoms with Crippen molar-refractivity contribution in [2.45, 2.75) is 45.6 Å². The monoisotopic (exact) mass is 551 g/mol. The molecule has 0 radical (unpaired) electrons. The lowest BCUT2D eigenvalue weighted by Gasteiger charge is -2.39. The zero-order chi connectivity index (χ0) is 24.1. The van der Waals surface area contributed by atoms with Crippen LogP contribution in [0.15, 0.2) is 58.0 Å². The summed E-state index contributed by atoms with van der Waals surface area (Å²) in [6, 6.07) is 15.3. The molecule has 1 aliphatic rings. The summed E-state index contributed by atoms with van der Waals surface area (Å²) in [5, 5.41) is 4.24. The van der Waals surface area contributed by atoms with Gasteiger partial charge in [0.1, 0.15) is 11.6 Å². The van der Waals surface area contributed by atoms with Crippen LogP contribution in [0.3, 0.4) is 0 Å². The maximum atomic E-state index is 12.1. The molecule has 1 heterocycles. The molecule has 3 rings (SSSR count). The highest BCUT2D eigenvalue weighted by atomic mass is 79.9. The van der Waals surface area contributed by atoms with E-state index in [1.807, 2.05) is 36.1 Å². The van der Waals surface area contributed by atoms with Crippen LogP contribution < -0.4 is 9.50 Å². The Bertz CT molecular complexity index is 1120. The van der Waals surface area contributed by atoms with E-state index in [9.17, 15) is 8.42 Å². The van der Waals surface area contributed by atoms with Gasteiger partial charge in [0, 0.05) is 17.6 Å². The molecule has 0 spiro atoms. The van der Waals surface area contributed by atoms with Gasteiger partial charge in [0.05, 0.1) is 11.3 Å². The number of thiocarbonyl (C=S) groups is 1. The second-order valence-electron chi connectivity index (χ2n) is 8.00. The molecule has 0 amide bonds. The molecule has 0 fully saturated rings. The van der Waals surface area contributed by atoms with Crippen LogP contribution in [-0.2, 0) is 15.7 Å². The molecule has 9 heteroatoms. The molecule has 0 aromatic heterocycles. The molecular weight excluding hydrogens is 522 g/mol. The van der Waals surface area contributed by atoms with E-state index in [1.165, 1.54) is 0 Å². The topological polar surface area (TPSA) is 71.0 Å². The van der Waals surface area contributed by atoms with Crippen molar-refractivity contribution in [3.63, 3.8) is 0 Å². The van der Waals surface area contributed by atoms with Crippen molar-refractivity contribution in [3.8, 4) is 5.75 Å². The molecule has 33 heavy (non-hydrogen) atoms. The Kier molecular flexibility index (Phi) is 8.53. The zero-order valence-corrected chi connectivity index (χ0v) is 22.4. The van der Waals surface area contributed by atoms with Gasteiger partial charge in [-0.05, 0) is 73.8 Å². The van der Waals surface area contributed by atoms with Gasteiger partial charge in [0.2, 0.25) is 0 Å². The molecule has 2 aromatic carbocycles. The Balaban J connectivity index is 2.01. The van der Waals surface area contributed by atoms with Gasteiger partial charge in [0.25, 0.3) is 0 Å². The van der Waals surface area contributed by atoms with Crippen molar-refractivity contribution in [2.24, 2.45) is 4.99 Å². The summed E-state index contributed by atoms with van der Waals surface area (Å²) < 4.78 is 30.4. The number of benzene rings is 2.